The molecular weight excluding hydrogens is 671 g/mol. The first-order chi connectivity index (χ1) is 27.3. The van der Waals surface area contributed by atoms with Crippen molar-refractivity contribution < 1.29 is 8.83 Å². The van der Waals surface area contributed by atoms with Gasteiger partial charge in [-0.05, 0) is 81.7 Å². The Balaban J connectivity index is 1.08. The zero-order chi connectivity index (χ0) is 36.3. The minimum absolute atomic E-state index is 0.853. The fourth-order valence-electron chi connectivity index (χ4n) is 8.24. The standard InChI is InChI=1S/C52H33NO2/c1-2-11-34(12-3-1)35-21-23-36(24-22-35)37-25-28-39(29-26-37)53(40-30-32-44-43-16-7-9-19-48(43)54-50(44)33-40)47-18-8-6-15-42(47)45-17-10-20-49-51(45)46-31-27-38-13-4-5-14-41(38)52(46)55-49/h1-33H. The van der Waals surface area contributed by atoms with Crippen LogP contribution in [0.4, 0.5) is 17.1 Å². The van der Waals surface area contributed by atoms with Crippen LogP contribution < -0.4 is 4.90 Å². The van der Waals surface area contributed by atoms with Crippen molar-refractivity contribution in [2.24, 2.45) is 0 Å². The molecule has 9 aromatic carbocycles. The van der Waals surface area contributed by atoms with Gasteiger partial charge in [-0.15, -0.1) is 0 Å². The Bertz CT molecular complexity index is 3190. The second-order valence-electron chi connectivity index (χ2n) is 14.1. The van der Waals surface area contributed by atoms with Gasteiger partial charge in [-0.3, -0.25) is 0 Å². The molecule has 3 heteroatoms. The number of rotatable bonds is 6. The molecule has 2 aromatic heterocycles. The monoisotopic (exact) mass is 703 g/mol. The van der Waals surface area contributed by atoms with E-state index in [4.69, 9.17) is 8.83 Å². The van der Waals surface area contributed by atoms with Gasteiger partial charge < -0.3 is 13.7 Å². The Labute approximate surface area is 317 Å². The molecule has 0 unspecified atom stereocenters. The molecule has 0 saturated carbocycles. The van der Waals surface area contributed by atoms with Crippen molar-refractivity contribution in [1.29, 1.82) is 0 Å². The number of hydrogen-bond acceptors (Lipinski definition) is 3. The topological polar surface area (TPSA) is 29.5 Å². The minimum atomic E-state index is 0.853. The van der Waals surface area contributed by atoms with E-state index in [9.17, 15) is 0 Å². The number of hydrogen-bond donors (Lipinski definition) is 0. The number of benzene rings is 9. The molecule has 0 N–H and O–H groups in total. The molecule has 0 aliphatic heterocycles. The quantitative estimate of drug-likeness (QED) is 0.173. The summed E-state index contributed by atoms with van der Waals surface area (Å²) >= 11 is 0. The van der Waals surface area contributed by atoms with E-state index in [1.807, 2.05) is 12.1 Å². The third-order valence-corrected chi connectivity index (χ3v) is 10.9. The van der Waals surface area contributed by atoms with Crippen molar-refractivity contribution in [3.05, 3.63) is 200 Å². The van der Waals surface area contributed by atoms with E-state index in [-0.39, 0.29) is 0 Å². The molecule has 0 aliphatic rings. The van der Waals surface area contributed by atoms with Gasteiger partial charge in [-0.25, -0.2) is 0 Å². The molecule has 3 nitrogen and oxygen atoms in total. The SMILES string of the molecule is c1ccc(-c2ccc(-c3ccc(N(c4ccc5c(c4)oc4ccccc45)c4ccccc4-c4cccc5oc6c7ccccc7ccc6c45)cc3)cc2)cc1. The zero-order valence-corrected chi connectivity index (χ0v) is 29.8. The van der Waals surface area contributed by atoms with Crippen LogP contribution in [0.15, 0.2) is 209 Å². The van der Waals surface area contributed by atoms with E-state index in [1.54, 1.807) is 0 Å². The van der Waals surface area contributed by atoms with E-state index in [0.717, 1.165) is 83.0 Å². The highest BCUT2D eigenvalue weighted by Crippen LogP contribution is 2.46. The van der Waals surface area contributed by atoms with Gasteiger partial charge in [0, 0.05) is 49.9 Å². The largest absolute Gasteiger partial charge is 0.456 e. The molecule has 0 atom stereocenters. The molecule has 11 rings (SSSR count). The maximum absolute atomic E-state index is 6.64. The highest BCUT2D eigenvalue weighted by molar-refractivity contribution is 6.20. The van der Waals surface area contributed by atoms with Gasteiger partial charge in [0.15, 0.2) is 0 Å². The summed E-state index contributed by atoms with van der Waals surface area (Å²) in [5.74, 6) is 0. The Morgan fingerprint density at radius 2 is 0.909 bits per heavy atom. The lowest BCUT2D eigenvalue weighted by atomic mass is 9.96. The fourth-order valence-corrected chi connectivity index (χ4v) is 8.24. The van der Waals surface area contributed by atoms with Gasteiger partial charge in [-0.2, -0.15) is 0 Å². The predicted molar refractivity (Wildman–Crippen MR) is 229 cm³/mol. The van der Waals surface area contributed by atoms with Crippen LogP contribution in [0.2, 0.25) is 0 Å². The second kappa shape index (κ2) is 12.6. The van der Waals surface area contributed by atoms with Crippen molar-refractivity contribution >= 4 is 71.7 Å². The third-order valence-electron chi connectivity index (χ3n) is 10.9. The normalized spacial score (nSPS) is 11.6. The molecule has 0 saturated heterocycles. The summed E-state index contributed by atoms with van der Waals surface area (Å²) in [7, 11) is 0. The maximum Gasteiger partial charge on any atom is 0.143 e. The first-order valence-electron chi connectivity index (χ1n) is 18.7. The summed E-state index contributed by atoms with van der Waals surface area (Å²) in [6.07, 6.45) is 0. The molecule has 0 bridgehead atoms. The lowest BCUT2D eigenvalue weighted by molar-refractivity contribution is 0.669. The van der Waals surface area contributed by atoms with Gasteiger partial charge in [0.2, 0.25) is 0 Å². The van der Waals surface area contributed by atoms with E-state index in [0.29, 0.717) is 0 Å². The molecule has 0 spiro atoms. The molecule has 0 aliphatic carbocycles. The van der Waals surface area contributed by atoms with Gasteiger partial charge in [0.25, 0.3) is 0 Å². The van der Waals surface area contributed by atoms with Crippen LogP contribution in [-0.4, -0.2) is 0 Å². The molecule has 2 heterocycles. The van der Waals surface area contributed by atoms with Crippen LogP contribution in [0, 0.1) is 0 Å². The highest BCUT2D eigenvalue weighted by Gasteiger charge is 2.22. The first-order valence-corrected chi connectivity index (χ1v) is 18.7. The van der Waals surface area contributed by atoms with Crippen molar-refractivity contribution in [3.8, 4) is 33.4 Å². The minimum Gasteiger partial charge on any atom is -0.456 e. The summed E-state index contributed by atoms with van der Waals surface area (Å²) in [5.41, 5.74) is 13.6. The summed E-state index contributed by atoms with van der Waals surface area (Å²) in [6, 6.07) is 70.9. The zero-order valence-electron chi connectivity index (χ0n) is 29.8. The summed E-state index contributed by atoms with van der Waals surface area (Å²) in [5, 5.41) is 6.72. The lowest BCUT2D eigenvalue weighted by Crippen LogP contribution is -2.11. The Morgan fingerprint density at radius 3 is 1.73 bits per heavy atom. The van der Waals surface area contributed by atoms with Gasteiger partial charge >= 0.3 is 0 Å². The molecular formula is C52H33NO2. The molecule has 0 amide bonds. The Kier molecular flexibility index (Phi) is 7.17. The first kappa shape index (κ1) is 31.2. The van der Waals surface area contributed by atoms with E-state index in [1.165, 1.54) is 22.1 Å². The number of fused-ring (bicyclic) bond motifs is 8. The average molecular weight is 704 g/mol. The van der Waals surface area contributed by atoms with Crippen molar-refractivity contribution in [2.45, 2.75) is 0 Å². The number of nitrogens with zero attached hydrogens (tertiary/aromatic N) is 1. The van der Waals surface area contributed by atoms with Crippen LogP contribution in [0.1, 0.15) is 0 Å². The molecule has 258 valence electrons. The van der Waals surface area contributed by atoms with Crippen LogP contribution in [0.25, 0.3) is 88.0 Å². The van der Waals surface area contributed by atoms with Gasteiger partial charge in [0.1, 0.15) is 22.3 Å². The number of para-hydroxylation sites is 2. The van der Waals surface area contributed by atoms with Crippen molar-refractivity contribution in [3.63, 3.8) is 0 Å². The van der Waals surface area contributed by atoms with E-state index < -0.39 is 0 Å². The third kappa shape index (κ3) is 5.20. The smallest absolute Gasteiger partial charge is 0.143 e. The second-order valence-corrected chi connectivity index (χ2v) is 14.1. The lowest BCUT2D eigenvalue weighted by Gasteiger charge is -2.28. The highest BCUT2D eigenvalue weighted by atomic mass is 16.3. The molecule has 0 fully saturated rings. The number of furan rings is 2. The predicted octanol–water partition coefficient (Wildman–Crippen LogP) is 15.1. The fraction of sp³-hybridized carbons (Fsp3) is 0. The van der Waals surface area contributed by atoms with Crippen LogP contribution in [-0.2, 0) is 0 Å². The van der Waals surface area contributed by atoms with Gasteiger partial charge in [-0.1, -0.05) is 146 Å². The van der Waals surface area contributed by atoms with Gasteiger partial charge in [0.05, 0.1) is 5.69 Å². The summed E-state index contributed by atoms with van der Waals surface area (Å²) in [4.78, 5) is 2.35. The van der Waals surface area contributed by atoms with Crippen molar-refractivity contribution in [1.82, 2.24) is 0 Å². The average Bonchev–Trinajstić information content (AvgIpc) is 3.83. The van der Waals surface area contributed by atoms with Crippen molar-refractivity contribution in [2.75, 3.05) is 4.90 Å². The molecule has 0 radical (unpaired) electrons. The number of anilines is 3. The molecule has 11 aromatic rings. The van der Waals surface area contributed by atoms with E-state index >= 15 is 0 Å². The Hall–Kier alpha value is -7.36. The maximum atomic E-state index is 6.64. The van der Waals surface area contributed by atoms with Crippen LogP contribution in [0.3, 0.4) is 0 Å². The summed E-state index contributed by atoms with van der Waals surface area (Å²) < 4.78 is 13.1. The Morgan fingerprint density at radius 1 is 0.327 bits per heavy atom. The summed E-state index contributed by atoms with van der Waals surface area (Å²) in [6.45, 7) is 0. The van der Waals surface area contributed by atoms with Crippen LogP contribution in [0.5, 0.6) is 0 Å². The van der Waals surface area contributed by atoms with Crippen LogP contribution >= 0.6 is 0 Å². The van der Waals surface area contributed by atoms with E-state index in [2.05, 4.69) is 193 Å². The molecule has 55 heavy (non-hydrogen) atoms.